The lowest BCUT2D eigenvalue weighted by Gasteiger charge is -2.16. The van der Waals surface area contributed by atoms with Crippen LogP contribution in [0.25, 0.3) is 66.1 Å². The first-order chi connectivity index (χ1) is 21.7. The fourth-order valence-corrected chi connectivity index (χ4v) is 6.50. The lowest BCUT2D eigenvalue weighted by Crippen LogP contribution is -2.00. The molecule has 0 aliphatic heterocycles. The predicted octanol–water partition coefficient (Wildman–Crippen LogP) is 9.16. The Labute approximate surface area is 252 Å². The zero-order valence-corrected chi connectivity index (χ0v) is 23.4. The molecule has 44 heavy (non-hydrogen) atoms. The van der Waals surface area contributed by atoms with E-state index < -0.39 is 0 Å². The highest BCUT2D eigenvalue weighted by molar-refractivity contribution is 6.11. The molecule has 5 nitrogen and oxygen atoms in total. The van der Waals surface area contributed by atoms with Crippen LogP contribution in [0.1, 0.15) is 16.7 Å². The zero-order valence-electron chi connectivity index (χ0n) is 23.4. The second-order valence-corrected chi connectivity index (χ2v) is 10.8. The number of para-hydroxylation sites is 3. The number of nitrogens with zero attached hydrogens (tertiary/aromatic N) is 5. The van der Waals surface area contributed by atoms with Crippen LogP contribution in [0.5, 0.6) is 0 Å². The molecule has 0 saturated heterocycles. The van der Waals surface area contributed by atoms with Gasteiger partial charge in [0.05, 0.1) is 62.3 Å². The molecule has 0 N–H and O–H groups in total. The number of rotatable bonds is 3. The van der Waals surface area contributed by atoms with E-state index in [1.807, 2.05) is 53.1 Å². The molecule has 2 aromatic heterocycles. The quantitative estimate of drug-likeness (QED) is 0.216. The Bertz CT molecular complexity index is 2470. The van der Waals surface area contributed by atoms with Crippen LogP contribution >= 0.6 is 0 Å². The van der Waals surface area contributed by atoms with Crippen LogP contribution in [-0.2, 0) is 0 Å². The smallest absolute Gasteiger partial charge is 0.101 e. The average molecular weight is 560 g/mol. The number of aromatic nitrogens is 2. The molecular formula is C39H21N5. The summed E-state index contributed by atoms with van der Waals surface area (Å²) in [6.45, 7) is 0. The van der Waals surface area contributed by atoms with E-state index in [9.17, 15) is 15.8 Å². The fraction of sp³-hybridized carbons (Fsp3) is 0. The van der Waals surface area contributed by atoms with E-state index in [-0.39, 0.29) is 0 Å². The first-order valence-corrected chi connectivity index (χ1v) is 14.2. The van der Waals surface area contributed by atoms with Crippen LogP contribution in [0.3, 0.4) is 0 Å². The van der Waals surface area contributed by atoms with Crippen molar-refractivity contribution in [3.05, 3.63) is 144 Å². The molecule has 0 spiro atoms. The summed E-state index contributed by atoms with van der Waals surface area (Å²) in [6.07, 6.45) is 0. The Morgan fingerprint density at radius 2 is 0.932 bits per heavy atom. The van der Waals surface area contributed by atoms with E-state index in [2.05, 4.69) is 89.5 Å². The molecule has 2 heterocycles. The molecular weight excluding hydrogens is 538 g/mol. The molecule has 0 aliphatic rings. The highest BCUT2D eigenvalue weighted by Gasteiger charge is 2.19. The summed E-state index contributed by atoms with van der Waals surface area (Å²) < 4.78 is 4.35. The molecule has 8 rings (SSSR count). The third-order valence-electron chi connectivity index (χ3n) is 8.42. The van der Waals surface area contributed by atoms with Crippen molar-refractivity contribution < 1.29 is 0 Å². The lowest BCUT2D eigenvalue weighted by atomic mass is 10.00. The van der Waals surface area contributed by atoms with E-state index >= 15 is 0 Å². The summed E-state index contributed by atoms with van der Waals surface area (Å²) in [5, 5.41) is 33.7. The van der Waals surface area contributed by atoms with Crippen LogP contribution in [0.2, 0.25) is 0 Å². The Kier molecular flexibility index (Phi) is 5.56. The highest BCUT2D eigenvalue weighted by Crippen LogP contribution is 2.38. The first-order valence-electron chi connectivity index (χ1n) is 14.2. The van der Waals surface area contributed by atoms with E-state index in [0.717, 1.165) is 55.3 Å². The number of nitriles is 3. The number of hydrogen-bond acceptors (Lipinski definition) is 3. The fourth-order valence-electron chi connectivity index (χ4n) is 6.50. The van der Waals surface area contributed by atoms with Crippen molar-refractivity contribution in [1.29, 1.82) is 15.8 Å². The van der Waals surface area contributed by atoms with Gasteiger partial charge in [-0.2, -0.15) is 15.8 Å². The summed E-state index contributed by atoms with van der Waals surface area (Å²) in [6, 6.07) is 49.1. The molecule has 0 fully saturated rings. The standard InChI is InChI=1S/C39H21N5/c40-22-25-13-16-38-32(19-25)33-20-26(23-41)14-17-39(33)43(38)34-18-15-27(21-28(34)24-42)29-7-1-4-10-35(29)44-36-11-5-2-8-30(36)31-9-3-6-12-37(31)44/h1-21H. The topological polar surface area (TPSA) is 81.2 Å². The van der Waals surface area contributed by atoms with Crippen molar-refractivity contribution in [2.45, 2.75) is 0 Å². The average Bonchev–Trinajstić information content (AvgIpc) is 3.60. The molecule has 0 unspecified atom stereocenters. The Balaban J connectivity index is 1.36. The number of hydrogen-bond donors (Lipinski definition) is 0. The minimum atomic E-state index is 0.520. The van der Waals surface area contributed by atoms with Gasteiger partial charge in [-0.25, -0.2) is 0 Å². The van der Waals surface area contributed by atoms with E-state index in [4.69, 9.17) is 0 Å². The van der Waals surface area contributed by atoms with Crippen molar-refractivity contribution in [3.8, 4) is 40.7 Å². The van der Waals surface area contributed by atoms with Crippen LogP contribution in [0.15, 0.2) is 127 Å². The van der Waals surface area contributed by atoms with Crippen LogP contribution in [0, 0.1) is 34.0 Å². The van der Waals surface area contributed by atoms with Gasteiger partial charge < -0.3 is 9.13 Å². The van der Waals surface area contributed by atoms with E-state index in [0.29, 0.717) is 16.7 Å². The summed E-state index contributed by atoms with van der Waals surface area (Å²) in [5.74, 6) is 0. The monoisotopic (exact) mass is 559 g/mol. The van der Waals surface area contributed by atoms with Crippen LogP contribution in [0.4, 0.5) is 0 Å². The molecule has 0 atom stereocenters. The highest BCUT2D eigenvalue weighted by atomic mass is 15.0. The molecule has 8 aromatic rings. The normalized spacial score (nSPS) is 11.1. The third kappa shape index (κ3) is 3.63. The van der Waals surface area contributed by atoms with Gasteiger partial charge >= 0.3 is 0 Å². The summed E-state index contributed by atoms with van der Waals surface area (Å²) in [4.78, 5) is 0. The molecule has 202 valence electrons. The molecule has 6 aromatic carbocycles. The van der Waals surface area contributed by atoms with Crippen molar-refractivity contribution in [2.24, 2.45) is 0 Å². The SMILES string of the molecule is N#Cc1ccc2c(c1)c1cc(C#N)ccc1n2-c1ccc(-c2ccccc2-n2c3ccccc3c3ccccc32)cc1C#N. The van der Waals surface area contributed by atoms with Crippen LogP contribution in [-0.4, -0.2) is 9.13 Å². The number of benzene rings is 6. The maximum Gasteiger partial charge on any atom is 0.101 e. The Hall–Kier alpha value is -6.61. The largest absolute Gasteiger partial charge is 0.309 e. The first kappa shape index (κ1) is 25.1. The molecule has 0 aliphatic carbocycles. The van der Waals surface area contributed by atoms with E-state index in [1.54, 1.807) is 12.1 Å². The molecule has 0 amide bonds. The number of fused-ring (bicyclic) bond motifs is 6. The third-order valence-corrected chi connectivity index (χ3v) is 8.42. The molecule has 0 radical (unpaired) electrons. The van der Waals surface area contributed by atoms with Gasteiger partial charge in [0.1, 0.15) is 6.07 Å². The van der Waals surface area contributed by atoms with Gasteiger partial charge in [0.25, 0.3) is 0 Å². The predicted molar refractivity (Wildman–Crippen MR) is 175 cm³/mol. The molecule has 0 bridgehead atoms. The second kappa shape index (κ2) is 9.74. The van der Waals surface area contributed by atoms with Crippen LogP contribution < -0.4 is 0 Å². The summed E-state index contributed by atoms with van der Waals surface area (Å²) >= 11 is 0. The molecule has 5 heteroatoms. The van der Waals surface area contributed by atoms with Crippen molar-refractivity contribution >= 4 is 43.6 Å². The van der Waals surface area contributed by atoms with Gasteiger partial charge in [-0.05, 0) is 72.3 Å². The zero-order chi connectivity index (χ0) is 29.8. The van der Waals surface area contributed by atoms with Gasteiger partial charge in [-0.1, -0.05) is 60.7 Å². The van der Waals surface area contributed by atoms with Crippen molar-refractivity contribution in [3.63, 3.8) is 0 Å². The van der Waals surface area contributed by atoms with Crippen molar-refractivity contribution in [2.75, 3.05) is 0 Å². The summed E-state index contributed by atoms with van der Waals surface area (Å²) in [5.41, 5.74) is 9.29. The second-order valence-electron chi connectivity index (χ2n) is 10.8. The van der Waals surface area contributed by atoms with Crippen molar-refractivity contribution in [1.82, 2.24) is 9.13 Å². The van der Waals surface area contributed by atoms with Gasteiger partial charge in [0.15, 0.2) is 0 Å². The lowest BCUT2D eigenvalue weighted by molar-refractivity contribution is 1.16. The minimum absolute atomic E-state index is 0.520. The molecule has 0 saturated carbocycles. The summed E-state index contributed by atoms with van der Waals surface area (Å²) in [7, 11) is 0. The minimum Gasteiger partial charge on any atom is -0.309 e. The Morgan fingerprint density at radius 1 is 0.409 bits per heavy atom. The van der Waals surface area contributed by atoms with Gasteiger partial charge in [0.2, 0.25) is 0 Å². The van der Waals surface area contributed by atoms with Gasteiger partial charge in [-0.15, -0.1) is 0 Å². The Morgan fingerprint density at radius 3 is 1.52 bits per heavy atom. The van der Waals surface area contributed by atoms with Gasteiger partial charge in [0, 0.05) is 27.1 Å². The van der Waals surface area contributed by atoms with Gasteiger partial charge in [-0.3, -0.25) is 0 Å². The maximum atomic E-state index is 10.5. The maximum absolute atomic E-state index is 10.5. The van der Waals surface area contributed by atoms with E-state index in [1.165, 1.54) is 10.8 Å².